The summed E-state index contributed by atoms with van der Waals surface area (Å²) in [5.41, 5.74) is 8.80. The van der Waals surface area contributed by atoms with Crippen LogP contribution in [0.5, 0.6) is 0 Å². The van der Waals surface area contributed by atoms with Crippen molar-refractivity contribution >= 4 is 5.91 Å². The summed E-state index contributed by atoms with van der Waals surface area (Å²) < 4.78 is 0. The van der Waals surface area contributed by atoms with E-state index >= 15 is 0 Å². The molecule has 1 heterocycles. The Balaban J connectivity index is 2.40. The van der Waals surface area contributed by atoms with Crippen LogP contribution in [0.3, 0.4) is 0 Å². The highest BCUT2D eigenvalue weighted by atomic mass is 16.2. The number of likely N-dealkylation sites (tertiary alicyclic amines) is 1. The van der Waals surface area contributed by atoms with Crippen LogP contribution in [0.1, 0.15) is 49.8 Å². The molecule has 2 rings (SSSR count). The standard InChI is InChI=1S/C16H24N2O/c1-3-11-18-15(19)10-6-9-14(17)16(18)13-8-5-4-7-12(13)2/h4-5,7-8,14,16H,3,6,9-11,17H2,1-2H3. The maximum atomic E-state index is 12.3. The van der Waals surface area contributed by atoms with Crippen LogP contribution >= 0.6 is 0 Å². The first-order valence-corrected chi connectivity index (χ1v) is 7.25. The summed E-state index contributed by atoms with van der Waals surface area (Å²) in [6.07, 6.45) is 3.43. The molecular formula is C16H24N2O. The van der Waals surface area contributed by atoms with Gasteiger partial charge in [-0.05, 0) is 37.3 Å². The van der Waals surface area contributed by atoms with Crippen molar-refractivity contribution in [2.75, 3.05) is 6.54 Å². The van der Waals surface area contributed by atoms with E-state index in [1.807, 2.05) is 17.0 Å². The molecule has 104 valence electrons. The second kappa shape index (κ2) is 6.20. The molecule has 1 fully saturated rings. The maximum Gasteiger partial charge on any atom is 0.223 e. The molecule has 2 N–H and O–H groups in total. The highest BCUT2D eigenvalue weighted by molar-refractivity contribution is 5.77. The molecule has 0 bridgehead atoms. The van der Waals surface area contributed by atoms with Crippen molar-refractivity contribution in [3.8, 4) is 0 Å². The van der Waals surface area contributed by atoms with Gasteiger partial charge in [-0.1, -0.05) is 31.2 Å². The third-order valence-corrected chi connectivity index (χ3v) is 3.96. The predicted octanol–water partition coefficient (Wildman–Crippen LogP) is 2.79. The van der Waals surface area contributed by atoms with Crippen LogP contribution in [0.2, 0.25) is 0 Å². The van der Waals surface area contributed by atoms with Gasteiger partial charge in [-0.15, -0.1) is 0 Å². The minimum absolute atomic E-state index is 0.0381. The summed E-state index contributed by atoms with van der Waals surface area (Å²) in [7, 11) is 0. The lowest BCUT2D eigenvalue weighted by atomic mass is 9.93. The Morgan fingerprint density at radius 3 is 2.79 bits per heavy atom. The molecule has 3 heteroatoms. The van der Waals surface area contributed by atoms with E-state index in [0.29, 0.717) is 6.42 Å². The molecule has 1 aliphatic heterocycles. The zero-order chi connectivity index (χ0) is 13.8. The van der Waals surface area contributed by atoms with Gasteiger partial charge in [0.05, 0.1) is 6.04 Å². The number of benzene rings is 1. The quantitative estimate of drug-likeness (QED) is 0.908. The molecular weight excluding hydrogens is 236 g/mol. The van der Waals surface area contributed by atoms with Gasteiger partial charge in [0.1, 0.15) is 0 Å². The van der Waals surface area contributed by atoms with Crippen molar-refractivity contribution in [1.29, 1.82) is 0 Å². The number of hydrogen-bond acceptors (Lipinski definition) is 2. The van der Waals surface area contributed by atoms with Crippen LogP contribution in [-0.2, 0) is 4.79 Å². The van der Waals surface area contributed by atoms with E-state index in [1.54, 1.807) is 0 Å². The Hall–Kier alpha value is -1.35. The number of carbonyl (C=O) groups excluding carboxylic acids is 1. The Morgan fingerprint density at radius 1 is 1.37 bits per heavy atom. The zero-order valence-electron chi connectivity index (χ0n) is 11.9. The van der Waals surface area contributed by atoms with Gasteiger partial charge in [-0.3, -0.25) is 4.79 Å². The van der Waals surface area contributed by atoms with Crippen molar-refractivity contribution in [3.63, 3.8) is 0 Å². The van der Waals surface area contributed by atoms with Crippen LogP contribution in [0, 0.1) is 6.92 Å². The van der Waals surface area contributed by atoms with Gasteiger partial charge in [-0.25, -0.2) is 0 Å². The van der Waals surface area contributed by atoms with Gasteiger partial charge in [-0.2, -0.15) is 0 Å². The molecule has 0 radical (unpaired) electrons. The van der Waals surface area contributed by atoms with Crippen LogP contribution < -0.4 is 5.73 Å². The molecule has 1 aromatic carbocycles. The normalized spacial score (nSPS) is 24.4. The summed E-state index contributed by atoms with van der Waals surface area (Å²) in [5.74, 6) is 0.253. The summed E-state index contributed by atoms with van der Waals surface area (Å²) >= 11 is 0. The predicted molar refractivity (Wildman–Crippen MR) is 77.8 cm³/mol. The van der Waals surface area contributed by atoms with E-state index in [-0.39, 0.29) is 18.0 Å². The fraction of sp³-hybridized carbons (Fsp3) is 0.562. The van der Waals surface area contributed by atoms with Gasteiger partial charge in [0.2, 0.25) is 5.91 Å². The van der Waals surface area contributed by atoms with Crippen molar-refractivity contribution in [2.24, 2.45) is 5.73 Å². The Kier molecular flexibility index (Phi) is 4.59. The largest absolute Gasteiger partial charge is 0.334 e. The van der Waals surface area contributed by atoms with E-state index in [9.17, 15) is 4.79 Å². The fourth-order valence-electron chi connectivity index (χ4n) is 3.00. The van der Waals surface area contributed by atoms with Crippen molar-refractivity contribution < 1.29 is 4.79 Å². The number of carbonyl (C=O) groups is 1. The molecule has 2 atom stereocenters. The molecule has 0 aromatic heterocycles. The van der Waals surface area contributed by atoms with E-state index in [4.69, 9.17) is 5.73 Å². The summed E-state index contributed by atoms with van der Waals surface area (Å²) in [6, 6.07) is 8.36. The highest BCUT2D eigenvalue weighted by Crippen LogP contribution is 2.31. The lowest BCUT2D eigenvalue weighted by Gasteiger charge is -2.34. The Bertz CT molecular complexity index is 444. The van der Waals surface area contributed by atoms with Gasteiger partial charge < -0.3 is 10.6 Å². The van der Waals surface area contributed by atoms with Crippen molar-refractivity contribution in [2.45, 2.75) is 51.6 Å². The lowest BCUT2D eigenvalue weighted by Crippen LogP contribution is -2.42. The van der Waals surface area contributed by atoms with E-state index in [1.165, 1.54) is 11.1 Å². The molecule has 1 aliphatic rings. The Labute approximate surface area is 115 Å². The smallest absolute Gasteiger partial charge is 0.223 e. The SMILES string of the molecule is CCCN1C(=O)CCCC(N)C1c1ccccc1C. The fourth-order valence-corrected chi connectivity index (χ4v) is 3.00. The molecule has 1 aromatic rings. The molecule has 1 saturated heterocycles. The van der Waals surface area contributed by atoms with Crippen LogP contribution in [0.15, 0.2) is 24.3 Å². The van der Waals surface area contributed by atoms with Crippen molar-refractivity contribution in [3.05, 3.63) is 35.4 Å². The van der Waals surface area contributed by atoms with E-state index in [0.717, 1.165) is 25.8 Å². The van der Waals surface area contributed by atoms with E-state index < -0.39 is 0 Å². The maximum absolute atomic E-state index is 12.3. The van der Waals surface area contributed by atoms with Gasteiger partial charge >= 0.3 is 0 Å². The number of aryl methyl sites for hydroxylation is 1. The summed E-state index contributed by atoms with van der Waals surface area (Å²) in [4.78, 5) is 14.3. The number of amides is 1. The minimum atomic E-state index is 0.0381. The first-order valence-electron chi connectivity index (χ1n) is 7.25. The minimum Gasteiger partial charge on any atom is -0.334 e. The number of nitrogens with zero attached hydrogens (tertiary/aromatic N) is 1. The molecule has 0 aliphatic carbocycles. The lowest BCUT2D eigenvalue weighted by molar-refractivity contribution is -0.133. The average Bonchev–Trinajstić information content (AvgIpc) is 2.52. The van der Waals surface area contributed by atoms with Crippen molar-refractivity contribution in [1.82, 2.24) is 4.90 Å². The monoisotopic (exact) mass is 260 g/mol. The molecule has 0 saturated carbocycles. The number of nitrogens with two attached hydrogens (primary N) is 1. The zero-order valence-corrected chi connectivity index (χ0v) is 11.9. The topological polar surface area (TPSA) is 46.3 Å². The molecule has 3 nitrogen and oxygen atoms in total. The highest BCUT2D eigenvalue weighted by Gasteiger charge is 2.32. The summed E-state index contributed by atoms with van der Waals surface area (Å²) in [6.45, 7) is 5.01. The second-order valence-electron chi connectivity index (χ2n) is 5.44. The van der Waals surface area contributed by atoms with Crippen LogP contribution in [0.4, 0.5) is 0 Å². The van der Waals surface area contributed by atoms with Crippen LogP contribution in [-0.4, -0.2) is 23.4 Å². The first kappa shape index (κ1) is 14.1. The average molecular weight is 260 g/mol. The second-order valence-corrected chi connectivity index (χ2v) is 5.44. The Morgan fingerprint density at radius 2 is 2.11 bits per heavy atom. The van der Waals surface area contributed by atoms with E-state index in [2.05, 4.69) is 26.0 Å². The first-order chi connectivity index (χ1) is 9.15. The van der Waals surface area contributed by atoms with Gasteiger partial charge in [0, 0.05) is 19.0 Å². The molecule has 1 amide bonds. The number of rotatable bonds is 3. The van der Waals surface area contributed by atoms with Gasteiger partial charge in [0.15, 0.2) is 0 Å². The van der Waals surface area contributed by atoms with Gasteiger partial charge in [0.25, 0.3) is 0 Å². The molecule has 0 spiro atoms. The summed E-state index contributed by atoms with van der Waals surface area (Å²) in [5, 5.41) is 0. The molecule has 19 heavy (non-hydrogen) atoms. The number of hydrogen-bond donors (Lipinski definition) is 1. The van der Waals surface area contributed by atoms with Crippen LogP contribution in [0.25, 0.3) is 0 Å². The third-order valence-electron chi connectivity index (χ3n) is 3.96. The third kappa shape index (κ3) is 2.98. The molecule has 2 unspecified atom stereocenters.